The van der Waals surface area contributed by atoms with E-state index in [9.17, 15) is 17.6 Å². The number of halogens is 1. The summed E-state index contributed by atoms with van der Waals surface area (Å²) in [5, 5.41) is 2.73. The Balaban J connectivity index is 1.79. The Morgan fingerprint density at radius 3 is 2.54 bits per heavy atom. The molecule has 0 aliphatic carbocycles. The first-order valence-corrected chi connectivity index (χ1v) is 9.08. The van der Waals surface area contributed by atoms with Crippen molar-refractivity contribution in [1.82, 2.24) is 5.32 Å². The van der Waals surface area contributed by atoms with Crippen LogP contribution in [0.25, 0.3) is 5.57 Å². The third-order valence-electron chi connectivity index (χ3n) is 3.98. The van der Waals surface area contributed by atoms with Crippen molar-refractivity contribution in [3.05, 3.63) is 71.6 Å². The van der Waals surface area contributed by atoms with Gasteiger partial charge in [0, 0.05) is 6.08 Å². The van der Waals surface area contributed by atoms with Gasteiger partial charge < -0.3 is 5.32 Å². The van der Waals surface area contributed by atoms with E-state index in [2.05, 4.69) is 5.32 Å². The smallest absolute Gasteiger partial charge is 0.244 e. The summed E-state index contributed by atoms with van der Waals surface area (Å²) in [6.07, 6.45) is 1.39. The minimum atomic E-state index is -3.36. The van der Waals surface area contributed by atoms with Crippen LogP contribution < -0.4 is 5.32 Å². The molecule has 0 bridgehead atoms. The zero-order chi connectivity index (χ0) is 17.3. The first kappa shape index (κ1) is 16.4. The molecular weight excluding hydrogens is 329 g/mol. The molecule has 2 aromatic rings. The van der Waals surface area contributed by atoms with Gasteiger partial charge in [0.25, 0.3) is 0 Å². The van der Waals surface area contributed by atoms with Crippen molar-refractivity contribution in [2.24, 2.45) is 0 Å². The Morgan fingerprint density at radius 1 is 1.17 bits per heavy atom. The number of fused-ring (bicyclic) bond motifs is 1. The van der Waals surface area contributed by atoms with E-state index >= 15 is 0 Å². The number of hydrogen-bond donors (Lipinski definition) is 1. The molecule has 1 aliphatic rings. The Labute approximate surface area is 139 Å². The topological polar surface area (TPSA) is 63.2 Å². The number of amides is 1. The Morgan fingerprint density at radius 2 is 1.83 bits per heavy atom. The SMILES string of the molecule is C/C(=C\C(=O)N[C@H]1CS(=O)(=O)c2ccccc21)c1ccc(F)cc1. The quantitative estimate of drug-likeness (QED) is 0.870. The van der Waals surface area contributed by atoms with Crippen LogP contribution in [0.5, 0.6) is 0 Å². The molecule has 1 heterocycles. The first-order valence-electron chi connectivity index (χ1n) is 7.43. The van der Waals surface area contributed by atoms with E-state index in [0.29, 0.717) is 11.1 Å². The molecule has 24 heavy (non-hydrogen) atoms. The second-order valence-corrected chi connectivity index (χ2v) is 7.72. The van der Waals surface area contributed by atoms with Crippen LogP contribution in [0.2, 0.25) is 0 Å². The highest BCUT2D eigenvalue weighted by molar-refractivity contribution is 7.91. The van der Waals surface area contributed by atoms with Gasteiger partial charge in [0.1, 0.15) is 5.82 Å². The predicted molar refractivity (Wildman–Crippen MR) is 89.4 cm³/mol. The number of carbonyl (C=O) groups is 1. The number of sulfone groups is 1. The number of hydrogen-bond acceptors (Lipinski definition) is 3. The van der Waals surface area contributed by atoms with Crippen molar-refractivity contribution in [1.29, 1.82) is 0 Å². The predicted octanol–water partition coefficient (Wildman–Crippen LogP) is 2.87. The van der Waals surface area contributed by atoms with Gasteiger partial charge in [-0.25, -0.2) is 12.8 Å². The molecule has 0 radical (unpaired) electrons. The number of carbonyl (C=O) groups excluding carboxylic acids is 1. The van der Waals surface area contributed by atoms with Gasteiger partial charge in [0.15, 0.2) is 9.84 Å². The Hall–Kier alpha value is -2.47. The summed E-state index contributed by atoms with van der Waals surface area (Å²) in [5.41, 5.74) is 2.01. The molecule has 1 atom stereocenters. The van der Waals surface area contributed by atoms with E-state index in [4.69, 9.17) is 0 Å². The van der Waals surface area contributed by atoms with E-state index in [1.807, 2.05) is 0 Å². The molecule has 1 amide bonds. The standard InChI is InChI=1S/C18H16FNO3S/c1-12(13-6-8-14(19)9-7-13)10-18(21)20-16-11-24(22,23)17-5-3-2-4-15(16)17/h2-10,16H,11H2,1H3,(H,20,21)/b12-10+/t16-/m0/s1. The molecular formula is C18H16FNO3S. The van der Waals surface area contributed by atoms with Crippen molar-refractivity contribution in [2.75, 3.05) is 5.75 Å². The average Bonchev–Trinajstić information content (AvgIpc) is 2.79. The normalized spacial score (nSPS) is 18.9. The highest BCUT2D eigenvalue weighted by atomic mass is 32.2. The van der Waals surface area contributed by atoms with Crippen molar-refractivity contribution >= 4 is 21.3 Å². The average molecular weight is 345 g/mol. The van der Waals surface area contributed by atoms with Gasteiger partial charge in [-0.05, 0) is 41.8 Å². The molecule has 2 aromatic carbocycles. The maximum Gasteiger partial charge on any atom is 0.244 e. The molecule has 1 aliphatic heterocycles. The van der Waals surface area contributed by atoms with Crippen LogP contribution in [0.15, 0.2) is 59.5 Å². The fourth-order valence-corrected chi connectivity index (χ4v) is 4.51. The van der Waals surface area contributed by atoms with Gasteiger partial charge in [-0.2, -0.15) is 0 Å². The molecule has 124 valence electrons. The summed E-state index contributed by atoms with van der Waals surface area (Å²) in [5.74, 6) is -0.862. The minimum absolute atomic E-state index is 0.137. The summed E-state index contributed by atoms with van der Waals surface area (Å²) >= 11 is 0. The summed E-state index contributed by atoms with van der Waals surface area (Å²) in [7, 11) is -3.36. The minimum Gasteiger partial charge on any atom is -0.345 e. The van der Waals surface area contributed by atoms with E-state index in [1.165, 1.54) is 18.2 Å². The summed E-state index contributed by atoms with van der Waals surface area (Å²) < 4.78 is 37.2. The van der Waals surface area contributed by atoms with Gasteiger partial charge in [-0.15, -0.1) is 0 Å². The molecule has 0 saturated carbocycles. The van der Waals surface area contributed by atoms with Crippen LogP contribution in [-0.4, -0.2) is 20.1 Å². The van der Waals surface area contributed by atoms with Crippen LogP contribution >= 0.6 is 0 Å². The zero-order valence-electron chi connectivity index (χ0n) is 13.0. The van der Waals surface area contributed by atoms with Crippen molar-refractivity contribution in [3.8, 4) is 0 Å². The van der Waals surface area contributed by atoms with Crippen molar-refractivity contribution in [3.63, 3.8) is 0 Å². The maximum atomic E-state index is 12.9. The second kappa shape index (κ2) is 6.20. The molecule has 0 saturated heterocycles. The molecule has 0 unspecified atom stereocenters. The highest BCUT2D eigenvalue weighted by Crippen LogP contribution is 2.32. The molecule has 0 aromatic heterocycles. The zero-order valence-corrected chi connectivity index (χ0v) is 13.8. The molecule has 1 N–H and O–H groups in total. The fraction of sp³-hybridized carbons (Fsp3) is 0.167. The number of benzene rings is 2. The van der Waals surface area contributed by atoms with Crippen LogP contribution in [-0.2, 0) is 14.6 Å². The number of rotatable bonds is 3. The van der Waals surface area contributed by atoms with Crippen LogP contribution in [0.1, 0.15) is 24.1 Å². The Kier molecular flexibility index (Phi) is 4.24. The summed E-state index contributed by atoms with van der Waals surface area (Å²) in [6.45, 7) is 1.74. The van der Waals surface area contributed by atoms with Gasteiger partial charge in [0.2, 0.25) is 5.91 Å². The second-order valence-electron chi connectivity index (χ2n) is 5.71. The Bertz CT molecular complexity index is 918. The van der Waals surface area contributed by atoms with Gasteiger partial charge in [0.05, 0.1) is 16.7 Å². The summed E-state index contributed by atoms with van der Waals surface area (Å²) in [6, 6.07) is 11.9. The third kappa shape index (κ3) is 3.23. The maximum absolute atomic E-state index is 12.9. The molecule has 3 rings (SSSR count). The molecule has 4 nitrogen and oxygen atoms in total. The number of nitrogens with one attached hydrogen (secondary N) is 1. The largest absolute Gasteiger partial charge is 0.345 e. The van der Waals surface area contributed by atoms with E-state index in [1.54, 1.807) is 43.3 Å². The lowest BCUT2D eigenvalue weighted by Gasteiger charge is -2.11. The molecule has 0 fully saturated rings. The lowest BCUT2D eigenvalue weighted by atomic mass is 10.1. The molecule has 6 heteroatoms. The van der Waals surface area contributed by atoms with Crippen LogP contribution in [0.3, 0.4) is 0 Å². The lowest BCUT2D eigenvalue weighted by molar-refractivity contribution is -0.117. The van der Waals surface area contributed by atoms with Gasteiger partial charge in [-0.1, -0.05) is 30.3 Å². The molecule has 0 spiro atoms. The van der Waals surface area contributed by atoms with E-state index in [0.717, 1.165) is 5.56 Å². The van der Waals surface area contributed by atoms with Gasteiger partial charge in [-0.3, -0.25) is 4.79 Å². The van der Waals surface area contributed by atoms with Crippen LogP contribution in [0, 0.1) is 5.82 Å². The number of allylic oxidation sites excluding steroid dienone is 1. The van der Waals surface area contributed by atoms with E-state index < -0.39 is 15.9 Å². The first-order chi connectivity index (χ1) is 11.4. The monoisotopic (exact) mass is 345 g/mol. The van der Waals surface area contributed by atoms with Crippen LogP contribution in [0.4, 0.5) is 4.39 Å². The van der Waals surface area contributed by atoms with Gasteiger partial charge >= 0.3 is 0 Å². The van der Waals surface area contributed by atoms with E-state index in [-0.39, 0.29) is 22.4 Å². The fourth-order valence-electron chi connectivity index (χ4n) is 2.78. The third-order valence-corrected chi connectivity index (χ3v) is 5.79. The summed E-state index contributed by atoms with van der Waals surface area (Å²) in [4.78, 5) is 12.5. The highest BCUT2D eigenvalue weighted by Gasteiger charge is 2.34. The van der Waals surface area contributed by atoms with Crippen molar-refractivity contribution < 1.29 is 17.6 Å². The lowest BCUT2D eigenvalue weighted by Crippen LogP contribution is -2.28. The van der Waals surface area contributed by atoms with Crippen molar-refractivity contribution in [2.45, 2.75) is 17.9 Å².